The summed E-state index contributed by atoms with van der Waals surface area (Å²) >= 11 is 0. The first kappa shape index (κ1) is 29.4. The van der Waals surface area contributed by atoms with E-state index in [1.54, 1.807) is 0 Å². The van der Waals surface area contributed by atoms with E-state index < -0.39 is 18.3 Å². The Bertz CT molecular complexity index is 1560. The second kappa shape index (κ2) is 10.2. The monoisotopic (exact) mass is 563 g/mol. The number of benzene rings is 4. The number of fused-ring (bicyclic) bond motifs is 2. The molecule has 42 heavy (non-hydrogen) atoms. The van der Waals surface area contributed by atoms with Crippen LogP contribution >= 0.6 is 0 Å². The summed E-state index contributed by atoms with van der Waals surface area (Å²) in [7, 11) is 1.36. The first-order valence-corrected chi connectivity index (χ1v) is 15.1. The van der Waals surface area contributed by atoms with Crippen LogP contribution in [-0.4, -0.2) is 48.6 Å². The van der Waals surface area contributed by atoms with E-state index in [4.69, 9.17) is 18.6 Å². The Balaban J connectivity index is 1.37. The van der Waals surface area contributed by atoms with E-state index in [2.05, 4.69) is 140 Å². The van der Waals surface area contributed by atoms with Crippen LogP contribution in [0.3, 0.4) is 0 Å². The van der Waals surface area contributed by atoms with Crippen LogP contribution < -0.4 is 10.9 Å². The minimum Gasteiger partial charge on any atom is -0.399 e. The van der Waals surface area contributed by atoms with Crippen LogP contribution in [0.25, 0.3) is 21.5 Å². The minimum atomic E-state index is -0.441. The highest BCUT2D eigenvalue weighted by atomic mass is 16.7. The second-order valence-corrected chi connectivity index (χ2v) is 14.0. The molecule has 0 N–H and O–H groups in total. The van der Waals surface area contributed by atoms with Gasteiger partial charge >= 0.3 is 14.2 Å². The molecule has 218 valence electrons. The van der Waals surface area contributed by atoms with Crippen molar-refractivity contribution < 1.29 is 18.6 Å². The Labute approximate surface area is 251 Å². The highest BCUT2D eigenvalue weighted by Gasteiger charge is 2.53. The fourth-order valence-corrected chi connectivity index (χ4v) is 6.13. The van der Waals surface area contributed by atoms with Gasteiger partial charge in [-0.3, -0.25) is 4.90 Å². The van der Waals surface area contributed by atoms with Crippen molar-refractivity contribution in [3.63, 3.8) is 0 Å². The zero-order chi connectivity index (χ0) is 30.1. The highest BCUT2D eigenvalue weighted by Crippen LogP contribution is 2.39. The summed E-state index contributed by atoms with van der Waals surface area (Å²) in [5.41, 5.74) is 3.12. The zero-order valence-corrected chi connectivity index (χ0v) is 26.6. The van der Waals surface area contributed by atoms with Crippen LogP contribution in [0.15, 0.2) is 72.8 Å². The lowest BCUT2D eigenvalue weighted by Gasteiger charge is -2.32. The molecule has 7 heteroatoms. The van der Waals surface area contributed by atoms with Crippen molar-refractivity contribution in [2.75, 3.05) is 7.05 Å². The van der Waals surface area contributed by atoms with Crippen molar-refractivity contribution in [2.45, 2.75) is 90.9 Å². The molecule has 4 aromatic carbocycles. The van der Waals surface area contributed by atoms with Gasteiger partial charge in [-0.25, -0.2) is 0 Å². The van der Waals surface area contributed by atoms with Gasteiger partial charge in [0.05, 0.1) is 22.4 Å². The fourth-order valence-electron chi connectivity index (χ4n) is 6.13. The van der Waals surface area contributed by atoms with E-state index >= 15 is 0 Å². The van der Waals surface area contributed by atoms with E-state index in [-0.39, 0.29) is 18.3 Å². The molecule has 0 unspecified atom stereocenters. The summed E-state index contributed by atoms with van der Waals surface area (Å²) in [5, 5.41) is 4.81. The van der Waals surface area contributed by atoms with Crippen LogP contribution in [0.2, 0.25) is 0 Å². The second-order valence-electron chi connectivity index (χ2n) is 14.0. The lowest BCUT2D eigenvalue weighted by Crippen LogP contribution is -2.41. The summed E-state index contributed by atoms with van der Waals surface area (Å²) < 4.78 is 26.1. The Morgan fingerprint density at radius 1 is 0.524 bits per heavy atom. The normalized spacial score (nSPS) is 20.7. The van der Waals surface area contributed by atoms with E-state index in [1.165, 1.54) is 32.7 Å². The molecule has 0 aliphatic carbocycles. The van der Waals surface area contributed by atoms with Crippen LogP contribution in [0, 0.1) is 0 Å². The molecule has 2 aliphatic rings. The topological polar surface area (TPSA) is 40.2 Å². The molecule has 0 saturated carbocycles. The quantitative estimate of drug-likeness (QED) is 0.206. The predicted octanol–water partition coefficient (Wildman–Crippen LogP) is 6.22. The van der Waals surface area contributed by atoms with Gasteiger partial charge in [-0.15, -0.1) is 0 Å². The standard InChI is InChI=1S/C35H43B2NO4/c1-32(2)33(3,4)40-36(39-32)30-21-15-10-16-24(30)22-38(9)23-29-25-17-11-13-19-27(25)31(28-20-14-12-18-26(28)29)37-41-34(5,6)35(7,8)42-37/h10-21H,22-23H2,1-9H3. The summed E-state index contributed by atoms with van der Waals surface area (Å²) in [5.74, 6) is 0. The van der Waals surface area contributed by atoms with Gasteiger partial charge < -0.3 is 18.6 Å². The van der Waals surface area contributed by atoms with E-state index in [0.29, 0.717) is 0 Å². The third-order valence-corrected chi connectivity index (χ3v) is 10.0. The average molecular weight is 563 g/mol. The molecule has 2 heterocycles. The molecule has 0 bridgehead atoms. The summed E-state index contributed by atoms with van der Waals surface area (Å²) in [6.07, 6.45) is 0. The Morgan fingerprint density at radius 3 is 1.43 bits per heavy atom. The maximum atomic E-state index is 6.60. The van der Waals surface area contributed by atoms with Gasteiger partial charge in [-0.1, -0.05) is 72.8 Å². The van der Waals surface area contributed by atoms with Crippen LogP contribution in [0.1, 0.15) is 66.5 Å². The summed E-state index contributed by atoms with van der Waals surface area (Å²) in [6.45, 7) is 18.4. The predicted molar refractivity (Wildman–Crippen MR) is 174 cm³/mol. The zero-order valence-electron chi connectivity index (χ0n) is 26.6. The minimum absolute atomic E-state index is 0.382. The Kier molecular flexibility index (Phi) is 7.15. The third kappa shape index (κ3) is 4.89. The molecule has 0 aromatic heterocycles. The Hall–Kier alpha value is -2.67. The lowest BCUT2D eigenvalue weighted by atomic mass is 9.72. The highest BCUT2D eigenvalue weighted by molar-refractivity contribution is 6.68. The molecule has 2 saturated heterocycles. The lowest BCUT2D eigenvalue weighted by molar-refractivity contribution is 0.00578. The van der Waals surface area contributed by atoms with Gasteiger partial charge in [0.25, 0.3) is 0 Å². The fraction of sp³-hybridized carbons (Fsp3) is 0.429. The van der Waals surface area contributed by atoms with Gasteiger partial charge in [-0.05, 0) is 106 Å². The molecule has 0 atom stereocenters. The van der Waals surface area contributed by atoms with Crippen molar-refractivity contribution in [1.29, 1.82) is 0 Å². The maximum absolute atomic E-state index is 6.60. The molecular formula is C35H43B2NO4. The van der Waals surface area contributed by atoms with Gasteiger partial charge in [0.15, 0.2) is 0 Å². The van der Waals surface area contributed by atoms with Crippen LogP contribution in [-0.2, 0) is 31.7 Å². The molecule has 0 amide bonds. The van der Waals surface area contributed by atoms with E-state index in [1.807, 2.05) is 0 Å². The van der Waals surface area contributed by atoms with Crippen molar-refractivity contribution in [1.82, 2.24) is 4.90 Å². The largest absolute Gasteiger partial charge is 0.496 e. The van der Waals surface area contributed by atoms with Crippen molar-refractivity contribution >= 4 is 46.7 Å². The van der Waals surface area contributed by atoms with Crippen molar-refractivity contribution in [2.24, 2.45) is 0 Å². The molecule has 4 aromatic rings. The number of hydrogen-bond acceptors (Lipinski definition) is 5. The van der Waals surface area contributed by atoms with Crippen LogP contribution in [0.4, 0.5) is 0 Å². The maximum Gasteiger partial charge on any atom is 0.496 e. The number of hydrogen-bond donors (Lipinski definition) is 0. The molecule has 5 nitrogen and oxygen atoms in total. The smallest absolute Gasteiger partial charge is 0.399 e. The van der Waals surface area contributed by atoms with Gasteiger partial charge in [0, 0.05) is 13.1 Å². The van der Waals surface area contributed by atoms with Crippen molar-refractivity contribution in [3.8, 4) is 0 Å². The SMILES string of the molecule is CN(Cc1ccccc1B1OC(C)(C)C(C)(C)O1)Cc1c2ccccc2c(B2OC(C)(C)C(C)(C)O2)c2ccccc12. The molecular weight excluding hydrogens is 520 g/mol. The van der Waals surface area contributed by atoms with Gasteiger partial charge in [-0.2, -0.15) is 0 Å². The summed E-state index contributed by atoms with van der Waals surface area (Å²) in [6, 6.07) is 25.9. The summed E-state index contributed by atoms with van der Waals surface area (Å²) in [4.78, 5) is 2.38. The first-order chi connectivity index (χ1) is 19.7. The molecule has 2 fully saturated rings. The molecule has 2 aliphatic heterocycles. The van der Waals surface area contributed by atoms with Crippen LogP contribution in [0.5, 0.6) is 0 Å². The first-order valence-electron chi connectivity index (χ1n) is 15.1. The van der Waals surface area contributed by atoms with E-state index in [9.17, 15) is 0 Å². The third-order valence-electron chi connectivity index (χ3n) is 10.0. The molecule has 6 rings (SSSR count). The molecule has 0 spiro atoms. The van der Waals surface area contributed by atoms with E-state index in [0.717, 1.165) is 24.0 Å². The van der Waals surface area contributed by atoms with Gasteiger partial charge in [0.1, 0.15) is 0 Å². The van der Waals surface area contributed by atoms with Crippen molar-refractivity contribution in [3.05, 3.63) is 83.9 Å². The molecule has 0 radical (unpaired) electrons. The van der Waals surface area contributed by atoms with Gasteiger partial charge in [0.2, 0.25) is 0 Å². The number of rotatable bonds is 6. The average Bonchev–Trinajstić information content (AvgIpc) is 3.27. The Morgan fingerprint density at radius 2 is 0.929 bits per heavy atom. The number of nitrogens with zero attached hydrogens (tertiary/aromatic N) is 1.